The molecule has 0 aromatic heterocycles. The molecule has 0 N–H and O–H groups in total. The molecule has 94 valence electrons. The van der Waals surface area contributed by atoms with E-state index in [4.69, 9.17) is 9.47 Å². The molecule has 0 aliphatic heterocycles. The summed E-state index contributed by atoms with van der Waals surface area (Å²) < 4.78 is 10.0. The molecular weight excluding hydrogens is 218 g/mol. The Kier molecular flexibility index (Phi) is 5.49. The highest BCUT2D eigenvalue weighted by molar-refractivity contribution is 5.75. The van der Waals surface area contributed by atoms with E-state index >= 15 is 0 Å². The number of amides is 1. The lowest BCUT2D eigenvalue weighted by Gasteiger charge is -2.17. The first-order chi connectivity index (χ1) is 8.17. The Morgan fingerprint density at radius 2 is 2.12 bits per heavy atom. The van der Waals surface area contributed by atoms with Crippen molar-refractivity contribution in [3.05, 3.63) is 29.8 Å². The summed E-state index contributed by atoms with van der Waals surface area (Å²) in [5.74, 6) is 0.884. The maximum Gasteiger partial charge on any atom is 0.224 e. The number of rotatable bonds is 6. The molecule has 0 spiro atoms. The van der Waals surface area contributed by atoms with E-state index in [2.05, 4.69) is 0 Å². The van der Waals surface area contributed by atoms with Gasteiger partial charge in [-0.05, 0) is 17.7 Å². The van der Waals surface area contributed by atoms with Crippen molar-refractivity contribution < 1.29 is 14.3 Å². The van der Waals surface area contributed by atoms with Gasteiger partial charge in [0.15, 0.2) is 0 Å². The smallest absolute Gasteiger partial charge is 0.224 e. The van der Waals surface area contributed by atoms with E-state index in [1.807, 2.05) is 24.3 Å². The standard InChI is InChI=1S/C13H19NO3/c1-14(13(15)7-8-16-2)10-11-5-4-6-12(9-11)17-3/h4-6,9H,7-8,10H2,1-3H3. The van der Waals surface area contributed by atoms with Gasteiger partial charge in [-0.3, -0.25) is 4.79 Å². The van der Waals surface area contributed by atoms with Crippen molar-refractivity contribution in [2.24, 2.45) is 0 Å². The van der Waals surface area contributed by atoms with Crippen molar-refractivity contribution in [3.63, 3.8) is 0 Å². The van der Waals surface area contributed by atoms with Crippen molar-refractivity contribution in [1.29, 1.82) is 0 Å². The van der Waals surface area contributed by atoms with Crippen LogP contribution in [0.2, 0.25) is 0 Å². The molecule has 4 heteroatoms. The first-order valence-electron chi connectivity index (χ1n) is 5.53. The van der Waals surface area contributed by atoms with Gasteiger partial charge in [0.05, 0.1) is 20.1 Å². The molecule has 0 aliphatic rings. The largest absolute Gasteiger partial charge is 0.497 e. The van der Waals surface area contributed by atoms with Crippen LogP contribution in [-0.4, -0.2) is 38.7 Å². The lowest BCUT2D eigenvalue weighted by molar-refractivity contribution is -0.131. The fraction of sp³-hybridized carbons (Fsp3) is 0.462. The normalized spacial score (nSPS) is 10.1. The minimum Gasteiger partial charge on any atom is -0.497 e. The van der Waals surface area contributed by atoms with Crippen LogP contribution in [0.3, 0.4) is 0 Å². The zero-order chi connectivity index (χ0) is 12.7. The first kappa shape index (κ1) is 13.5. The number of hydrogen-bond donors (Lipinski definition) is 0. The minimum absolute atomic E-state index is 0.0784. The van der Waals surface area contributed by atoms with E-state index in [1.165, 1.54) is 0 Å². The Bertz CT molecular complexity index is 365. The Labute approximate surface area is 102 Å². The van der Waals surface area contributed by atoms with E-state index < -0.39 is 0 Å². The maximum atomic E-state index is 11.7. The molecule has 0 bridgehead atoms. The van der Waals surface area contributed by atoms with Gasteiger partial charge in [-0.1, -0.05) is 12.1 Å². The highest BCUT2D eigenvalue weighted by atomic mass is 16.5. The van der Waals surface area contributed by atoms with Gasteiger partial charge in [0.1, 0.15) is 5.75 Å². The van der Waals surface area contributed by atoms with E-state index in [1.54, 1.807) is 26.2 Å². The zero-order valence-electron chi connectivity index (χ0n) is 10.6. The van der Waals surface area contributed by atoms with E-state index in [-0.39, 0.29) is 5.91 Å². The summed E-state index contributed by atoms with van der Waals surface area (Å²) in [5.41, 5.74) is 1.05. The molecule has 0 atom stereocenters. The van der Waals surface area contributed by atoms with Gasteiger partial charge >= 0.3 is 0 Å². The molecule has 4 nitrogen and oxygen atoms in total. The molecule has 0 radical (unpaired) electrons. The summed E-state index contributed by atoms with van der Waals surface area (Å²) in [5, 5.41) is 0. The molecule has 17 heavy (non-hydrogen) atoms. The molecule has 0 unspecified atom stereocenters. The lowest BCUT2D eigenvalue weighted by Crippen LogP contribution is -2.26. The lowest BCUT2D eigenvalue weighted by atomic mass is 10.2. The fourth-order valence-electron chi connectivity index (χ4n) is 1.51. The number of ether oxygens (including phenoxy) is 2. The van der Waals surface area contributed by atoms with Crippen LogP contribution in [0, 0.1) is 0 Å². The van der Waals surface area contributed by atoms with Gasteiger partial charge in [0.2, 0.25) is 5.91 Å². The number of benzene rings is 1. The van der Waals surface area contributed by atoms with Crippen molar-refractivity contribution in [1.82, 2.24) is 4.90 Å². The Morgan fingerprint density at radius 3 is 2.76 bits per heavy atom. The van der Waals surface area contributed by atoms with E-state index in [0.29, 0.717) is 19.6 Å². The number of carbonyl (C=O) groups is 1. The number of hydrogen-bond acceptors (Lipinski definition) is 3. The Balaban J connectivity index is 2.54. The second-order valence-electron chi connectivity index (χ2n) is 3.84. The fourth-order valence-corrected chi connectivity index (χ4v) is 1.51. The summed E-state index contributed by atoms with van der Waals surface area (Å²) in [6.07, 6.45) is 0.414. The summed E-state index contributed by atoms with van der Waals surface area (Å²) >= 11 is 0. The predicted molar refractivity (Wildman–Crippen MR) is 66.0 cm³/mol. The minimum atomic E-state index is 0.0784. The molecule has 1 aromatic carbocycles. The van der Waals surface area contributed by atoms with Gasteiger partial charge in [-0.25, -0.2) is 0 Å². The third kappa shape index (κ3) is 4.44. The Morgan fingerprint density at radius 1 is 1.35 bits per heavy atom. The van der Waals surface area contributed by atoms with Gasteiger partial charge in [0.25, 0.3) is 0 Å². The summed E-state index contributed by atoms with van der Waals surface area (Å²) in [7, 11) is 5.01. The van der Waals surface area contributed by atoms with Crippen molar-refractivity contribution in [2.75, 3.05) is 27.9 Å². The second kappa shape index (κ2) is 6.91. The van der Waals surface area contributed by atoms with Crippen LogP contribution in [0.15, 0.2) is 24.3 Å². The molecule has 0 fully saturated rings. The topological polar surface area (TPSA) is 38.8 Å². The van der Waals surface area contributed by atoms with Crippen LogP contribution >= 0.6 is 0 Å². The van der Waals surface area contributed by atoms with E-state index in [0.717, 1.165) is 11.3 Å². The first-order valence-corrected chi connectivity index (χ1v) is 5.53. The third-order valence-corrected chi connectivity index (χ3v) is 2.50. The molecule has 1 aromatic rings. The van der Waals surface area contributed by atoms with Crippen molar-refractivity contribution in [2.45, 2.75) is 13.0 Å². The van der Waals surface area contributed by atoms with Crippen molar-refractivity contribution in [3.8, 4) is 5.75 Å². The van der Waals surface area contributed by atoms with Crippen LogP contribution in [0.1, 0.15) is 12.0 Å². The average Bonchev–Trinajstić information content (AvgIpc) is 2.36. The maximum absolute atomic E-state index is 11.7. The molecule has 1 amide bonds. The van der Waals surface area contributed by atoms with Crippen molar-refractivity contribution >= 4 is 5.91 Å². The van der Waals surface area contributed by atoms with Gasteiger partial charge in [0, 0.05) is 20.7 Å². The zero-order valence-corrected chi connectivity index (χ0v) is 10.6. The van der Waals surface area contributed by atoms with Crippen LogP contribution in [0.5, 0.6) is 5.75 Å². The number of nitrogens with zero attached hydrogens (tertiary/aromatic N) is 1. The highest BCUT2D eigenvalue weighted by Gasteiger charge is 2.08. The van der Waals surface area contributed by atoms with Gasteiger partial charge in [-0.15, -0.1) is 0 Å². The van der Waals surface area contributed by atoms with Crippen LogP contribution in [-0.2, 0) is 16.1 Å². The number of carbonyl (C=O) groups excluding carboxylic acids is 1. The van der Waals surface area contributed by atoms with Crippen LogP contribution < -0.4 is 4.74 Å². The monoisotopic (exact) mass is 237 g/mol. The summed E-state index contributed by atoms with van der Waals surface area (Å²) in [4.78, 5) is 13.4. The summed E-state index contributed by atoms with van der Waals surface area (Å²) in [6.45, 7) is 1.04. The average molecular weight is 237 g/mol. The quantitative estimate of drug-likeness (QED) is 0.755. The van der Waals surface area contributed by atoms with Crippen LogP contribution in [0.25, 0.3) is 0 Å². The molecule has 0 saturated heterocycles. The summed E-state index contributed by atoms with van der Waals surface area (Å²) in [6, 6.07) is 7.71. The molecular formula is C13H19NO3. The van der Waals surface area contributed by atoms with Gasteiger partial charge < -0.3 is 14.4 Å². The Hall–Kier alpha value is -1.55. The third-order valence-electron chi connectivity index (χ3n) is 2.50. The van der Waals surface area contributed by atoms with Crippen LogP contribution in [0.4, 0.5) is 0 Å². The number of methoxy groups -OCH3 is 2. The highest BCUT2D eigenvalue weighted by Crippen LogP contribution is 2.14. The van der Waals surface area contributed by atoms with Gasteiger partial charge in [-0.2, -0.15) is 0 Å². The second-order valence-corrected chi connectivity index (χ2v) is 3.84. The molecule has 0 heterocycles. The SMILES string of the molecule is COCCC(=O)N(C)Cc1cccc(OC)c1. The molecule has 1 rings (SSSR count). The molecule has 0 aliphatic carbocycles. The predicted octanol–water partition coefficient (Wildman–Crippen LogP) is 1.69. The van der Waals surface area contributed by atoms with E-state index in [9.17, 15) is 4.79 Å². The molecule has 0 saturated carbocycles.